The zero-order chi connectivity index (χ0) is 18.0. The van der Waals surface area contributed by atoms with Gasteiger partial charge in [0.25, 0.3) is 0 Å². The van der Waals surface area contributed by atoms with Gasteiger partial charge in [0.15, 0.2) is 5.96 Å². The summed E-state index contributed by atoms with van der Waals surface area (Å²) in [7, 11) is 1.82. The van der Waals surface area contributed by atoms with Crippen molar-refractivity contribution in [2.75, 3.05) is 20.1 Å². The number of aromatic nitrogens is 1. The van der Waals surface area contributed by atoms with Crippen LogP contribution in [0.4, 0.5) is 0 Å². The van der Waals surface area contributed by atoms with Crippen molar-refractivity contribution in [2.45, 2.75) is 38.5 Å². The molecule has 0 aliphatic heterocycles. The van der Waals surface area contributed by atoms with E-state index in [1.807, 2.05) is 19.3 Å². The number of hydrogen-bond acceptors (Lipinski definition) is 2. The smallest absolute Gasteiger partial charge is 0.191 e. The van der Waals surface area contributed by atoms with Gasteiger partial charge in [-0.15, -0.1) is 24.0 Å². The van der Waals surface area contributed by atoms with E-state index in [-0.39, 0.29) is 29.4 Å². The van der Waals surface area contributed by atoms with Crippen LogP contribution in [0.3, 0.4) is 0 Å². The number of pyridine rings is 1. The monoisotopic (exact) mass is 466 g/mol. The molecule has 0 bridgehead atoms. The Morgan fingerprint density at radius 1 is 1.04 bits per heavy atom. The van der Waals surface area contributed by atoms with Gasteiger partial charge in [0.2, 0.25) is 0 Å². The van der Waals surface area contributed by atoms with Crippen LogP contribution < -0.4 is 10.6 Å². The average molecular weight is 466 g/mol. The molecule has 2 aromatic rings. The molecule has 0 aliphatic rings. The van der Waals surface area contributed by atoms with Crippen LogP contribution in [-0.2, 0) is 11.8 Å². The lowest BCUT2D eigenvalue weighted by atomic mass is 9.76. The van der Waals surface area contributed by atoms with Crippen LogP contribution in [0.15, 0.2) is 59.9 Å². The van der Waals surface area contributed by atoms with E-state index in [1.165, 1.54) is 11.1 Å². The fraction of sp³-hybridized carbons (Fsp3) is 0.429. The molecule has 2 rings (SSSR count). The Kier molecular flexibility index (Phi) is 10.2. The molecule has 0 spiro atoms. The third-order valence-corrected chi connectivity index (χ3v) is 4.99. The molecule has 0 aliphatic carbocycles. The maximum absolute atomic E-state index is 4.36. The molecular weight excluding hydrogens is 435 g/mol. The molecule has 0 fully saturated rings. The number of hydrogen-bond donors (Lipinski definition) is 2. The second kappa shape index (κ2) is 11.9. The molecule has 0 unspecified atom stereocenters. The van der Waals surface area contributed by atoms with E-state index >= 15 is 0 Å². The molecule has 0 radical (unpaired) electrons. The maximum atomic E-state index is 4.36. The highest BCUT2D eigenvalue weighted by Crippen LogP contribution is 2.30. The number of nitrogens with zero attached hydrogens (tertiary/aromatic N) is 2. The van der Waals surface area contributed by atoms with Gasteiger partial charge < -0.3 is 10.6 Å². The van der Waals surface area contributed by atoms with Gasteiger partial charge in [-0.05, 0) is 36.5 Å². The van der Waals surface area contributed by atoms with Crippen LogP contribution in [0.5, 0.6) is 0 Å². The number of rotatable bonds is 8. The van der Waals surface area contributed by atoms with Gasteiger partial charge in [0.05, 0.1) is 0 Å². The first kappa shape index (κ1) is 22.4. The molecule has 1 aromatic carbocycles. The van der Waals surface area contributed by atoms with Crippen molar-refractivity contribution in [3.63, 3.8) is 0 Å². The average Bonchev–Trinajstić information content (AvgIpc) is 2.69. The number of guanidine groups is 1. The Bertz CT molecular complexity index is 640. The van der Waals surface area contributed by atoms with Crippen LogP contribution in [0.1, 0.15) is 37.8 Å². The summed E-state index contributed by atoms with van der Waals surface area (Å²) in [5.41, 5.74) is 2.74. The van der Waals surface area contributed by atoms with Crippen LogP contribution in [-0.4, -0.2) is 31.1 Å². The Balaban J connectivity index is 0.00000338. The lowest BCUT2D eigenvalue weighted by Crippen LogP contribution is -2.45. The molecular formula is C21H31IN4. The quantitative estimate of drug-likeness (QED) is 0.349. The number of benzene rings is 1. The third kappa shape index (κ3) is 6.27. The van der Waals surface area contributed by atoms with Crippen LogP contribution in [0, 0.1) is 0 Å². The van der Waals surface area contributed by atoms with Gasteiger partial charge in [-0.2, -0.15) is 0 Å². The molecule has 5 heteroatoms. The lowest BCUT2D eigenvalue weighted by molar-refractivity contribution is 0.389. The summed E-state index contributed by atoms with van der Waals surface area (Å²) < 4.78 is 0. The summed E-state index contributed by atoms with van der Waals surface area (Å²) in [5.74, 6) is 0.853. The normalized spacial score (nSPS) is 11.6. The molecule has 1 aromatic heterocycles. The zero-order valence-corrected chi connectivity index (χ0v) is 18.4. The Labute approximate surface area is 174 Å². The molecule has 0 atom stereocenters. The van der Waals surface area contributed by atoms with Crippen molar-refractivity contribution in [3.8, 4) is 0 Å². The Morgan fingerprint density at radius 2 is 1.77 bits per heavy atom. The van der Waals surface area contributed by atoms with Gasteiger partial charge in [0, 0.05) is 37.9 Å². The zero-order valence-electron chi connectivity index (χ0n) is 16.0. The molecule has 142 valence electrons. The van der Waals surface area contributed by atoms with Gasteiger partial charge in [0.1, 0.15) is 0 Å². The Morgan fingerprint density at radius 3 is 2.35 bits per heavy atom. The SMILES string of the molecule is CCC(CC)(CNC(=NC)NCCc1cccnc1)c1ccccc1.I. The van der Waals surface area contributed by atoms with E-state index in [9.17, 15) is 0 Å². The second-order valence-electron chi connectivity index (χ2n) is 6.32. The van der Waals surface area contributed by atoms with Gasteiger partial charge in [-0.1, -0.05) is 50.2 Å². The van der Waals surface area contributed by atoms with E-state index in [0.29, 0.717) is 0 Å². The molecule has 0 saturated carbocycles. The lowest BCUT2D eigenvalue weighted by Gasteiger charge is -2.33. The third-order valence-electron chi connectivity index (χ3n) is 4.99. The number of nitrogens with one attached hydrogen (secondary N) is 2. The highest BCUT2D eigenvalue weighted by molar-refractivity contribution is 14.0. The minimum atomic E-state index is 0. The molecule has 1 heterocycles. The van der Waals surface area contributed by atoms with Crippen molar-refractivity contribution in [1.82, 2.24) is 15.6 Å². The minimum Gasteiger partial charge on any atom is -0.356 e. The van der Waals surface area contributed by atoms with E-state index in [4.69, 9.17) is 0 Å². The second-order valence-corrected chi connectivity index (χ2v) is 6.32. The first-order chi connectivity index (χ1) is 12.2. The van der Waals surface area contributed by atoms with Crippen LogP contribution in [0.25, 0.3) is 0 Å². The van der Waals surface area contributed by atoms with E-state index in [1.54, 1.807) is 6.20 Å². The van der Waals surface area contributed by atoms with E-state index in [0.717, 1.165) is 38.3 Å². The van der Waals surface area contributed by atoms with E-state index in [2.05, 4.69) is 70.9 Å². The van der Waals surface area contributed by atoms with Gasteiger partial charge in [-0.25, -0.2) is 0 Å². The number of aliphatic imine (C=N–C) groups is 1. The first-order valence-corrected chi connectivity index (χ1v) is 9.13. The standard InChI is InChI=1S/C21H30N4.HI/c1-4-21(5-2,19-11-7-6-8-12-19)17-25-20(22-3)24-15-13-18-10-9-14-23-16-18;/h6-12,14,16H,4-5,13,15,17H2,1-3H3,(H2,22,24,25);1H. The van der Waals surface area contributed by atoms with E-state index < -0.39 is 0 Å². The first-order valence-electron chi connectivity index (χ1n) is 9.13. The minimum absolute atomic E-state index is 0. The van der Waals surface area contributed by atoms with Gasteiger partial charge >= 0.3 is 0 Å². The fourth-order valence-electron chi connectivity index (χ4n) is 3.15. The molecule has 0 amide bonds. The molecule has 0 saturated heterocycles. The summed E-state index contributed by atoms with van der Waals surface area (Å²) in [5, 5.41) is 6.92. The topological polar surface area (TPSA) is 49.3 Å². The number of halogens is 1. The molecule has 2 N–H and O–H groups in total. The summed E-state index contributed by atoms with van der Waals surface area (Å²) >= 11 is 0. The predicted octanol–water partition coefficient (Wildman–Crippen LogP) is 4.17. The highest BCUT2D eigenvalue weighted by atomic mass is 127. The highest BCUT2D eigenvalue weighted by Gasteiger charge is 2.28. The van der Waals surface area contributed by atoms with Crippen molar-refractivity contribution in [2.24, 2.45) is 4.99 Å². The largest absolute Gasteiger partial charge is 0.356 e. The van der Waals surface area contributed by atoms with Crippen molar-refractivity contribution < 1.29 is 0 Å². The van der Waals surface area contributed by atoms with Crippen LogP contribution in [0.2, 0.25) is 0 Å². The summed E-state index contributed by atoms with van der Waals surface area (Å²) in [6, 6.07) is 14.8. The predicted molar refractivity (Wildman–Crippen MR) is 121 cm³/mol. The van der Waals surface area contributed by atoms with Crippen LogP contribution >= 0.6 is 24.0 Å². The maximum Gasteiger partial charge on any atom is 0.191 e. The molecule has 26 heavy (non-hydrogen) atoms. The van der Waals surface area contributed by atoms with Gasteiger partial charge in [-0.3, -0.25) is 9.98 Å². The summed E-state index contributed by atoms with van der Waals surface area (Å²) in [4.78, 5) is 8.52. The molecule has 4 nitrogen and oxygen atoms in total. The fourth-order valence-corrected chi connectivity index (χ4v) is 3.15. The summed E-state index contributed by atoms with van der Waals surface area (Å²) in [6.07, 6.45) is 6.82. The Hall–Kier alpha value is -1.63. The van der Waals surface area contributed by atoms with Crippen molar-refractivity contribution >= 4 is 29.9 Å². The van der Waals surface area contributed by atoms with Crippen molar-refractivity contribution in [1.29, 1.82) is 0 Å². The summed E-state index contributed by atoms with van der Waals surface area (Å²) in [6.45, 7) is 6.23. The van der Waals surface area contributed by atoms with Crippen molar-refractivity contribution in [3.05, 3.63) is 66.0 Å².